The zero-order chi connectivity index (χ0) is 14.3. The Balaban J connectivity index is 2.69. The van der Waals surface area contributed by atoms with Crippen molar-refractivity contribution >= 4 is 11.7 Å². The largest absolute Gasteiger partial charge is 0.491 e. The van der Waals surface area contributed by atoms with Crippen molar-refractivity contribution in [2.24, 2.45) is 0 Å². The zero-order valence-electron chi connectivity index (χ0n) is 12.3. The number of carbonyl (C=O) groups is 1. The van der Waals surface area contributed by atoms with E-state index in [1.807, 2.05) is 45.0 Å². The lowest BCUT2D eigenvalue weighted by Crippen LogP contribution is -2.34. The summed E-state index contributed by atoms with van der Waals surface area (Å²) in [5, 5.41) is 2.88. The fourth-order valence-electron chi connectivity index (χ4n) is 1.68. The van der Waals surface area contributed by atoms with E-state index < -0.39 is 0 Å². The molecule has 0 fully saturated rings. The third kappa shape index (κ3) is 4.81. The molecule has 1 aromatic carbocycles. The average molecular weight is 264 g/mol. The van der Waals surface area contributed by atoms with E-state index in [4.69, 9.17) is 4.74 Å². The van der Waals surface area contributed by atoms with Crippen molar-refractivity contribution < 1.29 is 9.53 Å². The Hall–Kier alpha value is -1.71. The summed E-state index contributed by atoms with van der Waals surface area (Å²) in [6.45, 7) is 9.44. The molecule has 106 valence electrons. The van der Waals surface area contributed by atoms with E-state index in [2.05, 4.69) is 12.2 Å². The highest BCUT2D eigenvalue weighted by Gasteiger charge is 2.10. The van der Waals surface area contributed by atoms with Crippen LogP contribution in [0.15, 0.2) is 24.3 Å². The SMILES string of the molecule is CCC(C)Oc1cccc(NC(=O)N(CC)CC)c1. The molecule has 4 nitrogen and oxygen atoms in total. The van der Waals surface area contributed by atoms with Gasteiger partial charge in [0.25, 0.3) is 0 Å². The van der Waals surface area contributed by atoms with Crippen molar-refractivity contribution in [3.8, 4) is 5.75 Å². The number of nitrogens with one attached hydrogen (secondary N) is 1. The molecule has 2 amide bonds. The van der Waals surface area contributed by atoms with Crippen molar-refractivity contribution in [1.29, 1.82) is 0 Å². The highest BCUT2D eigenvalue weighted by molar-refractivity contribution is 5.89. The average Bonchev–Trinajstić information content (AvgIpc) is 2.40. The van der Waals surface area contributed by atoms with Gasteiger partial charge in [0.05, 0.1) is 6.10 Å². The molecule has 1 unspecified atom stereocenters. The quantitative estimate of drug-likeness (QED) is 0.850. The molecule has 0 spiro atoms. The van der Waals surface area contributed by atoms with Crippen molar-refractivity contribution in [3.63, 3.8) is 0 Å². The normalized spacial score (nSPS) is 11.8. The first-order valence-electron chi connectivity index (χ1n) is 6.93. The van der Waals surface area contributed by atoms with Crippen LogP contribution in [0.4, 0.5) is 10.5 Å². The van der Waals surface area contributed by atoms with Gasteiger partial charge < -0.3 is 15.0 Å². The molecule has 1 atom stereocenters. The molecule has 1 aromatic rings. The Bertz CT molecular complexity index is 403. The maximum Gasteiger partial charge on any atom is 0.321 e. The molecule has 1 N–H and O–H groups in total. The summed E-state index contributed by atoms with van der Waals surface area (Å²) in [7, 11) is 0. The standard InChI is InChI=1S/C15H24N2O2/c1-5-12(4)19-14-10-8-9-13(11-14)16-15(18)17(6-2)7-3/h8-12H,5-7H2,1-4H3,(H,16,18). The van der Waals surface area contributed by atoms with Crippen molar-refractivity contribution in [1.82, 2.24) is 4.90 Å². The van der Waals surface area contributed by atoms with Gasteiger partial charge in [-0.1, -0.05) is 13.0 Å². The summed E-state index contributed by atoms with van der Waals surface area (Å²) >= 11 is 0. The van der Waals surface area contributed by atoms with Gasteiger partial charge in [-0.2, -0.15) is 0 Å². The Morgan fingerprint density at radius 3 is 2.58 bits per heavy atom. The highest BCUT2D eigenvalue weighted by atomic mass is 16.5. The molecule has 0 aromatic heterocycles. The van der Waals surface area contributed by atoms with Crippen LogP contribution in [0.5, 0.6) is 5.75 Å². The van der Waals surface area contributed by atoms with E-state index in [9.17, 15) is 4.79 Å². The minimum Gasteiger partial charge on any atom is -0.491 e. The number of amides is 2. The topological polar surface area (TPSA) is 41.6 Å². The molecule has 0 heterocycles. The van der Waals surface area contributed by atoms with E-state index in [-0.39, 0.29) is 12.1 Å². The molecule has 0 aliphatic rings. The van der Waals surface area contributed by atoms with E-state index in [1.54, 1.807) is 4.90 Å². The van der Waals surface area contributed by atoms with E-state index >= 15 is 0 Å². The molecule has 0 bridgehead atoms. The number of hydrogen-bond donors (Lipinski definition) is 1. The molecular formula is C15H24N2O2. The minimum atomic E-state index is -0.0781. The molecule has 0 radical (unpaired) electrons. The first-order chi connectivity index (χ1) is 9.10. The fourth-order valence-corrected chi connectivity index (χ4v) is 1.68. The zero-order valence-corrected chi connectivity index (χ0v) is 12.3. The van der Waals surface area contributed by atoms with Crippen LogP contribution in [0.2, 0.25) is 0 Å². The van der Waals surface area contributed by atoms with Crippen LogP contribution in [0.1, 0.15) is 34.1 Å². The summed E-state index contributed by atoms with van der Waals surface area (Å²) in [6.07, 6.45) is 1.13. The van der Waals surface area contributed by atoms with Crippen molar-refractivity contribution in [3.05, 3.63) is 24.3 Å². The summed E-state index contributed by atoms with van der Waals surface area (Å²) in [5.74, 6) is 0.784. The second kappa shape index (κ2) is 7.67. The number of carbonyl (C=O) groups excluding carboxylic acids is 1. The molecule has 0 aliphatic heterocycles. The van der Waals surface area contributed by atoms with Gasteiger partial charge in [-0.25, -0.2) is 4.79 Å². The molecule has 0 aliphatic carbocycles. The summed E-state index contributed by atoms with van der Waals surface area (Å²) < 4.78 is 5.73. The molecule has 0 saturated carbocycles. The summed E-state index contributed by atoms with van der Waals surface area (Å²) in [5.41, 5.74) is 0.762. The van der Waals surface area contributed by atoms with Gasteiger partial charge >= 0.3 is 6.03 Å². The van der Waals surface area contributed by atoms with Crippen LogP contribution in [0.25, 0.3) is 0 Å². The number of benzene rings is 1. The Kier molecular flexibility index (Phi) is 6.19. The van der Waals surface area contributed by atoms with Crippen LogP contribution in [0.3, 0.4) is 0 Å². The molecular weight excluding hydrogens is 240 g/mol. The van der Waals surface area contributed by atoms with Gasteiger partial charge in [0.15, 0.2) is 0 Å². The Labute approximate surface area is 115 Å². The minimum absolute atomic E-state index is 0.0781. The third-order valence-corrected chi connectivity index (χ3v) is 3.05. The molecule has 4 heteroatoms. The van der Waals surface area contributed by atoms with Gasteiger partial charge in [-0.05, 0) is 39.3 Å². The molecule has 1 rings (SSSR count). The summed E-state index contributed by atoms with van der Waals surface area (Å²) in [6, 6.07) is 7.43. The number of anilines is 1. The lowest BCUT2D eigenvalue weighted by Gasteiger charge is -2.19. The predicted octanol–water partition coefficient (Wildman–Crippen LogP) is 3.74. The van der Waals surface area contributed by atoms with Crippen LogP contribution in [-0.4, -0.2) is 30.1 Å². The number of nitrogens with zero attached hydrogens (tertiary/aromatic N) is 1. The summed E-state index contributed by atoms with van der Waals surface area (Å²) in [4.78, 5) is 13.7. The van der Waals surface area contributed by atoms with Gasteiger partial charge in [0.1, 0.15) is 5.75 Å². The maximum atomic E-state index is 11.9. The number of ether oxygens (including phenoxy) is 1. The second-order valence-corrected chi connectivity index (χ2v) is 4.47. The lowest BCUT2D eigenvalue weighted by atomic mass is 10.3. The van der Waals surface area contributed by atoms with Gasteiger partial charge in [-0.3, -0.25) is 0 Å². The first-order valence-corrected chi connectivity index (χ1v) is 6.93. The van der Waals surface area contributed by atoms with E-state index in [1.165, 1.54) is 0 Å². The van der Waals surface area contributed by atoms with Crippen LogP contribution < -0.4 is 10.1 Å². The third-order valence-electron chi connectivity index (χ3n) is 3.05. The molecule has 19 heavy (non-hydrogen) atoms. The monoisotopic (exact) mass is 264 g/mol. The predicted molar refractivity (Wildman–Crippen MR) is 78.8 cm³/mol. The van der Waals surface area contributed by atoms with Crippen LogP contribution >= 0.6 is 0 Å². The van der Waals surface area contributed by atoms with Gasteiger partial charge in [0, 0.05) is 24.8 Å². The highest BCUT2D eigenvalue weighted by Crippen LogP contribution is 2.19. The van der Waals surface area contributed by atoms with E-state index in [0.717, 1.165) is 17.9 Å². The van der Waals surface area contributed by atoms with Crippen molar-refractivity contribution in [2.45, 2.75) is 40.2 Å². The number of hydrogen-bond acceptors (Lipinski definition) is 2. The first kappa shape index (κ1) is 15.3. The number of rotatable bonds is 6. The van der Waals surface area contributed by atoms with Gasteiger partial charge in [0.2, 0.25) is 0 Å². The van der Waals surface area contributed by atoms with E-state index in [0.29, 0.717) is 13.1 Å². The Morgan fingerprint density at radius 1 is 1.32 bits per heavy atom. The lowest BCUT2D eigenvalue weighted by molar-refractivity contribution is 0.216. The second-order valence-electron chi connectivity index (χ2n) is 4.47. The Morgan fingerprint density at radius 2 is 2.00 bits per heavy atom. The van der Waals surface area contributed by atoms with Crippen molar-refractivity contribution in [2.75, 3.05) is 18.4 Å². The maximum absolute atomic E-state index is 11.9. The van der Waals surface area contributed by atoms with Gasteiger partial charge in [-0.15, -0.1) is 0 Å². The fraction of sp³-hybridized carbons (Fsp3) is 0.533. The van der Waals surface area contributed by atoms with Crippen LogP contribution in [0, 0.1) is 0 Å². The molecule has 0 saturated heterocycles. The van der Waals surface area contributed by atoms with Crippen LogP contribution in [-0.2, 0) is 0 Å². The number of urea groups is 1. The smallest absolute Gasteiger partial charge is 0.321 e.